The van der Waals surface area contributed by atoms with Crippen LogP contribution in [0, 0.1) is 0 Å². The van der Waals surface area contributed by atoms with E-state index in [0.29, 0.717) is 0 Å². The number of thiol groups is 1. The molecule has 0 aliphatic rings. The van der Waals surface area contributed by atoms with Crippen LogP contribution in [-0.2, 0) is 13.5 Å². The summed E-state index contributed by atoms with van der Waals surface area (Å²) >= 11 is -0.517. The van der Waals surface area contributed by atoms with E-state index < -0.39 is 21.1 Å². The van der Waals surface area contributed by atoms with E-state index in [0.717, 1.165) is 0 Å². The van der Waals surface area contributed by atoms with Crippen LogP contribution < -0.4 is 7.16 Å². The molecule has 2 rings (SSSR count). The van der Waals surface area contributed by atoms with Gasteiger partial charge >= 0.3 is 89.0 Å². The van der Waals surface area contributed by atoms with Gasteiger partial charge in [0.25, 0.3) is 0 Å². The average molecular weight is 306 g/mol. The number of hydrogen-bond donors (Lipinski definition) is 0. The zero-order valence-corrected chi connectivity index (χ0v) is 11.5. The molecule has 0 amide bonds. The summed E-state index contributed by atoms with van der Waals surface area (Å²) < 4.78 is 3.08. The first kappa shape index (κ1) is 11.7. The summed E-state index contributed by atoms with van der Waals surface area (Å²) in [7, 11) is 0. The molecule has 0 unspecified atom stereocenters. The van der Waals surface area contributed by atoms with Crippen molar-refractivity contribution in [1.82, 2.24) is 0 Å². The summed E-state index contributed by atoms with van der Waals surface area (Å²) in [6, 6.07) is 21.6. The Morgan fingerprint density at radius 2 is 0.929 bits per heavy atom. The molecular formula is C12H11SSn. The normalized spacial score (nSPS) is 8.86. The Morgan fingerprint density at radius 1 is 0.571 bits per heavy atom. The van der Waals surface area contributed by atoms with Gasteiger partial charge in [0.2, 0.25) is 0 Å². The van der Waals surface area contributed by atoms with Crippen molar-refractivity contribution in [1.29, 1.82) is 0 Å². The fraction of sp³-hybridized carbons (Fsp3) is 0. The van der Waals surface area contributed by atoms with Gasteiger partial charge in [0.1, 0.15) is 0 Å². The molecule has 2 aromatic carbocycles. The molecule has 2 heteroatoms. The fourth-order valence-corrected chi connectivity index (χ4v) is 4.21. The van der Waals surface area contributed by atoms with Gasteiger partial charge < -0.3 is 13.5 Å². The molecule has 0 heterocycles. The van der Waals surface area contributed by atoms with Crippen molar-refractivity contribution in [2.75, 3.05) is 0 Å². The Hall–Kier alpha value is -0.411. The van der Waals surface area contributed by atoms with Crippen molar-refractivity contribution in [2.24, 2.45) is 0 Å². The van der Waals surface area contributed by atoms with Crippen molar-refractivity contribution in [2.45, 2.75) is 0 Å². The van der Waals surface area contributed by atoms with Crippen LogP contribution in [0.5, 0.6) is 0 Å². The molecule has 0 bridgehead atoms. The molecule has 0 nitrogen and oxygen atoms in total. The SMILES string of the molecule is [SH-].c1cc[c]([Sn+][c]2ccccc2)cc1. The second kappa shape index (κ2) is 6.14. The van der Waals surface area contributed by atoms with E-state index in [1.165, 1.54) is 7.16 Å². The second-order valence-corrected chi connectivity index (χ2v) is 6.87. The maximum atomic E-state index is 2.24. The minimum absolute atomic E-state index is 0. The van der Waals surface area contributed by atoms with E-state index in [1.54, 1.807) is 0 Å². The van der Waals surface area contributed by atoms with Crippen LogP contribution in [-0.4, -0.2) is 21.1 Å². The average Bonchev–Trinajstić information content (AvgIpc) is 2.21. The van der Waals surface area contributed by atoms with Crippen LogP contribution in [0.2, 0.25) is 0 Å². The summed E-state index contributed by atoms with van der Waals surface area (Å²) in [5.41, 5.74) is 0. The topological polar surface area (TPSA) is 0 Å². The molecule has 0 atom stereocenters. The van der Waals surface area contributed by atoms with Gasteiger partial charge in [0, 0.05) is 0 Å². The van der Waals surface area contributed by atoms with Crippen LogP contribution in [0.1, 0.15) is 0 Å². The summed E-state index contributed by atoms with van der Waals surface area (Å²) in [4.78, 5) is 0. The van der Waals surface area contributed by atoms with Gasteiger partial charge in [0.15, 0.2) is 0 Å². The van der Waals surface area contributed by atoms with Crippen LogP contribution in [0.25, 0.3) is 0 Å². The van der Waals surface area contributed by atoms with Gasteiger partial charge in [-0.3, -0.25) is 0 Å². The maximum absolute atomic E-state index is 2.24. The predicted octanol–water partition coefficient (Wildman–Crippen LogP) is 1.07. The minimum atomic E-state index is -0.517. The molecule has 0 aliphatic carbocycles. The van der Waals surface area contributed by atoms with E-state index in [-0.39, 0.29) is 13.5 Å². The van der Waals surface area contributed by atoms with Crippen LogP contribution in [0.15, 0.2) is 60.7 Å². The van der Waals surface area contributed by atoms with Gasteiger partial charge in [-0.15, -0.1) is 0 Å². The molecule has 69 valence electrons. The monoisotopic (exact) mass is 307 g/mol. The third-order valence-electron chi connectivity index (χ3n) is 1.84. The quantitative estimate of drug-likeness (QED) is 0.454. The first-order valence-corrected chi connectivity index (χ1v) is 7.18. The Morgan fingerprint density at radius 3 is 1.29 bits per heavy atom. The van der Waals surface area contributed by atoms with Gasteiger partial charge in [0.05, 0.1) is 0 Å². The van der Waals surface area contributed by atoms with E-state index in [1.807, 2.05) is 0 Å². The standard InChI is InChI=1S/2C6H5.H2S.Sn/c2*1-2-4-6-5-3-1;;/h2*1-5H;1H2;/q;;;+1/p-1. The molecule has 0 spiro atoms. The van der Waals surface area contributed by atoms with Crippen molar-refractivity contribution in [3.05, 3.63) is 60.7 Å². The summed E-state index contributed by atoms with van der Waals surface area (Å²) in [5, 5.41) is 0. The van der Waals surface area contributed by atoms with Crippen molar-refractivity contribution in [3.8, 4) is 0 Å². The summed E-state index contributed by atoms with van der Waals surface area (Å²) in [5.74, 6) is 0. The third-order valence-corrected chi connectivity index (χ3v) is 5.39. The Labute approximate surface area is 102 Å². The van der Waals surface area contributed by atoms with Gasteiger partial charge in [-0.25, -0.2) is 0 Å². The van der Waals surface area contributed by atoms with Crippen LogP contribution >= 0.6 is 0 Å². The second-order valence-electron chi connectivity index (χ2n) is 2.86. The van der Waals surface area contributed by atoms with E-state index >= 15 is 0 Å². The molecular weight excluding hydrogens is 295 g/mol. The van der Waals surface area contributed by atoms with Crippen molar-refractivity contribution >= 4 is 41.8 Å². The Balaban J connectivity index is 0.000000980. The summed E-state index contributed by atoms with van der Waals surface area (Å²) in [6.07, 6.45) is 0. The van der Waals surface area contributed by atoms with E-state index in [2.05, 4.69) is 60.7 Å². The van der Waals surface area contributed by atoms with Gasteiger partial charge in [-0.1, -0.05) is 0 Å². The first-order chi connectivity index (χ1) is 6.45. The molecule has 14 heavy (non-hydrogen) atoms. The molecule has 0 saturated heterocycles. The van der Waals surface area contributed by atoms with Crippen LogP contribution in [0.4, 0.5) is 0 Å². The molecule has 0 N–H and O–H groups in total. The van der Waals surface area contributed by atoms with Gasteiger partial charge in [-0.2, -0.15) is 0 Å². The van der Waals surface area contributed by atoms with Gasteiger partial charge in [-0.05, 0) is 0 Å². The molecule has 1 radical (unpaired) electrons. The fourth-order valence-electron chi connectivity index (χ4n) is 1.21. The number of benzene rings is 2. The number of hydrogen-bond acceptors (Lipinski definition) is 1. The zero-order chi connectivity index (χ0) is 8.93. The van der Waals surface area contributed by atoms with Crippen LogP contribution in [0.3, 0.4) is 0 Å². The first-order valence-electron chi connectivity index (χ1n) is 4.32. The molecule has 0 aromatic heterocycles. The third kappa shape index (κ3) is 3.39. The van der Waals surface area contributed by atoms with Crippen molar-refractivity contribution < 1.29 is 0 Å². The number of rotatable bonds is 2. The molecule has 0 saturated carbocycles. The van der Waals surface area contributed by atoms with Crippen molar-refractivity contribution in [3.63, 3.8) is 0 Å². The molecule has 0 aliphatic heterocycles. The van der Waals surface area contributed by atoms with E-state index in [9.17, 15) is 0 Å². The molecule has 0 fully saturated rings. The summed E-state index contributed by atoms with van der Waals surface area (Å²) in [6.45, 7) is 0. The Bertz CT molecular complexity index is 321. The molecule has 2 aromatic rings. The predicted molar refractivity (Wildman–Crippen MR) is 66.7 cm³/mol. The van der Waals surface area contributed by atoms with E-state index in [4.69, 9.17) is 0 Å². The Kier molecular flexibility index (Phi) is 5.12. The zero-order valence-electron chi connectivity index (χ0n) is 7.72.